The van der Waals surface area contributed by atoms with E-state index in [2.05, 4.69) is 39.6 Å². The average molecular weight is 454 g/mol. The van der Waals surface area contributed by atoms with Crippen LogP contribution in [0.15, 0.2) is 46.9 Å². The van der Waals surface area contributed by atoms with Gasteiger partial charge in [0.25, 0.3) is 11.8 Å². The highest BCUT2D eigenvalue weighted by Gasteiger charge is 2.15. The Balaban J connectivity index is 1.64. The highest BCUT2D eigenvalue weighted by Crippen LogP contribution is 2.32. The number of nitrogens with zero attached hydrogens (tertiary/aromatic N) is 3. The van der Waals surface area contributed by atoms with Crippen molar-refractivity contribution in [2.75, 3.05) is 51.0 Å². The summed E-state index contributed by atoms with van der Waals surface area (Å²) in [5.41, 5.74) is 1.71. The molecular formula is C24H31N5O4. The van der Waals surface area contributed by atoms with Crippen LogP contribution < -0.4 is 20.1 Å². The molecule has 2 aromatic carbocycles. The lowest BCUT2D eigenvalue weighted by Crippen LogP contribution is -2.25. The molecule has 33 heavy (non-hydrogen) atoms. The van der Waals surface area contributed by atoms with Crippen LogP contribution in [0.3, 0.4) is 0 Å². The molecule has 0 aliphatic rings. The molecular weight excluding hydrogens is 422 g/mol. The minimum Gasteiger partial charge on any atom is -0.497 e. The van der Waals surface area contributed by atoms with Crippen LogP contribution in [0.5, 0.6) is 11.5 Å². The van der Waals surface area contributed by atoms with E-state index in [4.69, 9.17) is 13.9 Å². The largest absolute Gasteiger partial charge is 0.497 e. The van der Waals surface area contributed by atoms with Crippen molar-refractivity contribution < 1.29 is 18.7 Å². The molecule has 1 heterocycles. The summed E-state index contributed by atoms with van der Waals surface area (Å²) in [6.07, 6.45) is 0.977. The van der Waals surface area contributed by atoms with Gasteiger partial charge in [-0.05, 0) is 56.4 Å². The molecule has 0 radical (unpaired) electrons. The zero-order valence-electron chi connectivity index (χ0n) is 19.6. The van der Waals surface area contributed by atoms with Gasteiger partial charge in [0.05, 0.1) is 19.8 Å². The predicted octanol–water partition coefficient (Wildman–Crippen LogP) is 4.15. The third kappa shape index (κ3) is 6.45. The van der Waals surface area contributed by atoms with Gasteiger partial charge in [-0.25, -0.2) is 0 Å². The van der Waals surface area contributed by atoms with Crippen molar-refractivity contribution in [3.8, 4) is 23.0 Å². The van der Waals surface area contributed by atoms with E-state index in [0.717, 1.165) is 32.6 Å². The van der Waals surface area contributed by atoms with Crippen LogP contribution in [0.25, 0.3) is 11.5 Å². The summed E-state index contributed by atoms with van der Waals surface area (Å²) >= 11 is 0. The van der Waals surface area contributed by atoms with Gasteiger partial charge in [-0.1, -0.05) is 25.0 Å². The van der Waals surface area contributed by atoms with Crippen LogP contribution in [0, 0.1) is 0 Å². The van der Waals surface area contributed by atoms with Gasteiger partial charge in [-0.3, -0.25) is 4.79 Å². The van der Waals surface area contributed by atoms with Crippen molar-refractivity contribution >= 4 is 17.6 Å². The Morgan fingerprint density at radius 2 is 1.88 bits per heavy atom. The maximum absolute atomic E-state index is 12.6. The molecule has 0 spiro atoms. The van der Waals surface area contributed by atoms with Gasteiger partial charge in [0, 0.05) is 23.9 Å². The van der Waals surface area contributed by atoms with Crippen LogP contribution in [-0.2, 0) is 0 Å². The lowest BCUT2D eigenvalue weighted by atomic mass is 10.1. The van der Waals surface area contributed by atoms with Gasteiger partial charge in [-0.2, -0.15) is 0 Å². The van der Waals surface area contributed by atoms with E-state index < -0.39 is 0 Å². The number of benzene rings is 2. The van der Waals surface area contributed by atoms with Gasteiger partial charge in [0.1, 0.15) is 11.5 Å². The van der Waals surface area contributed by atoms with E-state index in [9.17, 15) is 4.79 Å². The number of ether oxygens (including phenoxy) is 2. The zero-order valence-corrected chi connectivity index (χ0v) is 19.6. The molecule has 1 aromatic heterocycles. The smallest absolute Gasteiger partial charge is 0.315 e. The summed E-state index contributed by atoms with van der Waals surface area (Å²) in [5.74, 6) is 1.21. The van der Waals surface area contributed by atoms with Gasteiger partial charge in [0.2, 0.25) is 0 Å². The fraction of sp³-hybridized carbons (Fsp3) is 0.375. The summed E-state index contributed by atoms with van der Waals surface area (Å²) in [6, 6.07) is 12.6. The van der Waals surface area contributed by atoms with Crippen LogP contribution in [0.1, 0.15) is 30.6 Å². The van der Waals surface area contributed by atoms with Crippen molar-refractivity contribution in [1.29, 1.82) is 0 Å². The Morgan fingerprint density at radius 1 is 1.06 bits per heavy atom. The molecule has 0 saturated heterocycles. The number of aromatic nitrogens is 2. The average Bonchev–Trinajstić information content (AvgIpc) is 3.32. The van der Waals surface area contributed by atoms with Crippen molar-refractivity contribution in [3.05, 3.63) is 48.0 Å². The molecule has 0 aliphatic carbocycles. The molecule has 1 amide bonds. The Hall–Kier alpha value is -3.59. The van der Waals surface area contributed by atoms with Gasteiger partial charge >= 0.3 is 6.01 Å². The lowest BCUT2D eigenvalue weighted by Gasteiger charge is -2.17. The number of hydrogen-bond acceptors (Lipinski definition) is 8. The Kier molecular flexibility index (Phi) is 8.65. The summed E-state index contributed by atoms with van der Waals surface area (Å²) in [7, 11) is 3.11. The standard InChI is InChI=1S/C24H31N5O4/c1-5-29(6-2)14-8-13-25-24-28-27-23(33-24)20-12-11-18(16-21(20)32-4)26-22(30)17-9-7-10-19(15-17)31-3/h7,9-12,15-16H,5-6,8,13-14H2,1-4H3,(H,25,28)(H,26,30). The van der Waals surface area contributed by atoms with Gasteiger partial charge < -0.3 is 29.4 Å². The van der Waals surface area contributed by atoms with Gasteiger partial charge in [0.15, 0.2) is 0 Å². The first kappa shape index (κ1) is 24.1. The topological polar surface area (TPSA) is 102 Å². The Labute approximate surface area is 194 Å². The maximum atomic E-state index is 12.6. The minimum atomic E-state index is -0.252. The van der Waals surface area contributed by atoms with Crippen LogP contribution in [0.4, 0.5) is 11.7 Å². The third-order valence-electron chi connectivity index (χ3n) is 5.27. The first-order valence-electron chi connectivity index (χ1n) is 11.0. The van der Waals surface area contributed by atoms with Crippen molar-refractivity contribution in [2.45, 2.75) is 20.3 Å². The minimum absolute atomic E-state index is 0.252. The number of amides is 1. The van der Waals surface area contributed by atoms with Crippen molar-refractivity contribution in [2.24, 2.45) is 0 Å². The second-order valence-corrected chi connectivity index (χ2v) is 7.32. The maximum Gasteiger partial charge on any atom is 0.315 e. The van der Waals surface area contributed by atoms with E-state index in [1.165, 1.54) is 0 Å². The molecule has 176 valence electrons. The van der Waals surface area contributed by atoms with Crippen LogP contribution >= 0.6 is 0 Å². The molecule has 0 aliphatic heterocycles. The molecule has 9 nitrogen and oxygen atoms in total. The van der Waals surface area contributed by atoms with Crippen LogP contribution in [0.2, 0.25) is 0 Å². The lowest BCUT2D eigenvalue weighted by molar-refractivity contribution is 0.102. The second kappa shape index (κ2) is 11.9. The van der Waals surface area contributed by atoms with Crippen molar-refractivity contribution in [3.63, 3.8) is 0 Å². The fourth-order valence-electron chi connectivity index (χ4n) is 3.35. The predicted molar refractivity (Wildman–Crippen MR) is 128 cm³/mol. The first-order chi connectivity index (χ1) is 16.1. The number of rotatable bonds is 12. The fourth-order valence-corrected chi connectivity index (χ4v) is 3.35. The number of anilines is 2. The monoisotopic (exact) mass is 453 g/mol. The zero-order chi connectivity index (χ0) is 23.6. The van der Waals surface area contributed by atoms with Crippen molar-refractivity contribution in [1.82, 2.24) is 15.1 Å². The number of carbonyl (C=O) groups is 1. The highest BCUT2D eigenvalue weighted by molar-refractivity contribution is 6.04. The number of carbonyl (C=O) groups excluding carboxylic acids is 1. The summed E-state index contributed by atoms with van der Waals surface area (Å²) in [5, 5.41) is 14.2. The van der Waals surface area contributed by atoms with E-state index >= 15 is 0 Å². The van der Waals surface area contributed by atoms with Crippen LogP contribution in [-0.4, -0.2) is 61.4 Å². The molecule has 0 unspecified atom stereocenters. The van der Waals surface area contributed by atoms with E-state index in [-0.39, 0.29) is 5.91 Å². The highest BCUT2D eigenvalue weighted by atomic mass is 16.5. The van der Waals surface area contributed by atoms with E-state index in [1.807, 2.05) is 0 Å². The van der Waals surface area contributed by atoms with E-state index in [1.54, 1.807) is 56.7 Å². The summed E-state index contributed by atoms with van der Waals surface area (Å²) < 4.78 is 16.4. The Morgan fingerprint density at radius 3 is 2.61 bits per heavy atom. The Bertz CT molecular complexity index is 1050. The number of methoxy groups -OCH3 is 2. The quantitative estimate of drug-likeness (QED) is 0.395. The second-order valence-electron chi connectivity index (χ2n) is 7.32. The molecule has 9 heteroatoms. The first-order valence-corrected chi connectivity index (χ1v) is 11.0. The normalized spacial score (nSPS) is 10.8. The summed E-state index contributed by atoms with van der Waals surface area (Å²) in [6.45, 7) is 8.14. The molecule has 2 N–H and O–H groups in total. The SMILES string of the molecule is CCN(CC)CCCNc1nnc(-c2ccc(NC(=O)c3cccc(OC)c3)cc2OC)o1. The molecule has 0 bridgehead atoms. The molecule has 3 rings (SSSR count). The molecule has 0 fully saturated rings. The third-order valence-corrected chi connectivity index (χ3v) is 5.27. The van der Waals surface area contributed by atoms with Gasteiger partial charge in [-0.15, -0.1) is 5.10 Å². The summed E-state index contributed by atoms with van der Waals surface area (Å²) in [4.78, 5) is 14.9. The number of hydrogen-bond donors (Lipinski definition) is 2. The molecule has 0 saturated carbocycles. The number of nitrogens with one attached hydrogen (secondary N) is 2. The molecule has 3 aromatic rings. The molecule has 0 atom stereocenters. The van der Waals surface area contributed by atoms with E-state index in [0.29, 0.717) is 40.2 Å².